The Hall–Kier alpha value is -4.07. The lowest BCUT2D eigenvalue weighted by molar-refractivity contribution is -0.122. The molecule has 166 valence electrons. The largest absolute Gasteiger partial charge is 0.495 e. The third kappa shape index (κ3) is 5.54. The fourth-order valence-corrected chi connectivity index (χ4v) is 3.14. The molecule has 4 amide bonds. The number of nitrogens with one attached hydrogen (secondary N) is 3. The van der Waals surface area contributed by atoms with Crippen molar-refractivity contribution in [3.63, 3.8) is 0 Å². The molecule has 0 spiro atoms. The van der Waals surface area contributed by atoms with Crippen molar-refractivity contribution in [2.24, 2.45) is 0 Å². The number of carbonyl (C=O) groups is 3. The van der Waals surface area contributed by atoms with Crippen LogP contribution in [0.3, 0.4) is 0 Å². The quantitative estimate of drug-likeness (QED) is 0.526. The Labute approximate surface area is 185 Å². The molecule has 0 aliphatic carbocycles. The standard InChI is InChI=1S/C24H25N3O5/c1-4-25-24(30)27-22(28)14-32-21-13-17-8-6-5-7-16(17)12-18(21)23(29)26-19-11-15(2)9-10-20(19)31-3/h5-13H,4,14H2,1-3H3,(H,26,29)(H2,25,27,28,30). The molecule has 0 unspecified atom stereocenters. The van der Waals surface area contributed by atoms with Crippen molar-refractivity contribution in [1.82, 2.24) is 10.6 Å². The van der Waals surface area contributed by atoms with Gasteiger partial charge in [-0.25, -0.2) is 4.79 Å². The molecule has 8 nitrogen and oxygen atoms in total. The summed E-state index contributed by atoms with van der Waals surface area (Å²) in [5.74, 6) is -0.304. The summed E-state index contributed by atoms with van der Waals surface area (Å²) in [5, 5.41) is 9.17. The highest BCUT2D eigenvalue weighted by Crippen LogP contribution is 2.30. The van der Waals surface area contributed by atoms with Crippen LogP contribution in [0.15, 0.2) is 54.6 Å². The van der Waals surface area contributed by atoms with Gasteiger partial charge < -0.3 is 20.1 Å². The van der Waals surface area contributed by atoms with Crippen molar-refractivity contribution in [1.29, 1.82) is 0 Å². The van der Waals surface area contributed by atoms with Crippen molar-refractivity contribution in [2.45, 2.75) is 13.8 Å². The van der Waals surface area contributed by atoms with Gasteiger partial charge in [-0.2, -0.15) is 0 Å². The van der Waals surface area contributed by atoms with E-state index < -0.39 is 24.5 Å². The maximum absolute atomic E-state index is 13.2. The van der Waals surface area contributed by atoms with Gasteiger partial charge in [-0.05, 0) is 54.4 Å². The first kappa shape index (κ1) is 22.6. The molecule has 0 saturated carbocycles. The summed E-state index contributed by atoms with van der Waals surface area (Å²) < 4.78 is 11.0. The van der Waals surface area contributed by atoms with Gasteiger partial charge >= 0.3 is 6.03 Å². The Kier molecular flexibility index (Phi) is 7.28. The van der Waals surface area contributed by atoms with Gasteiger partial charge in [0.05, 0.1) is 18.4 Å². The Morgan fingerprint density at radius 2 is 1.66 bits per heavy atom. The lowest BCUT2D eigenvalue weighted by atomic mass is 10.0. The van der Waals surface area contributed by atoms with Crippen LogP contribution in [0.1, 0.15) is 22.8 Å². The highest BCUT2D eigenvalue weighted by molar-refractivity contribution is 6.09. The van der Waals surface area contributed by atoms with Crippen molar-refractivity contribution in [3.8, 4) is 11.5 Å². The number of rotatable bonds is 7. The molecule has 0 aliphatic heterocycles. The van der Waals surface area contributed by atoms with Crippen molar-refractivity contribution in [3.05, 3.63) is 65.7 Å². The maximum atomic E-state index is 13.2. The molecule has 0 heterocycles. The monoisotopic (exact) mass is 435 g/mol. The zero-order chi connectivity index (χ0) is 23.1. The summed E-state index contributed by atoms with van der Waals surface area (Å²) in [5.41, 5.74) is 1.72. The number of amides is 4. The van der Waals surface area contributed by atoms with Crippen molar-refractivity contribution >= 4 is 34.3 Å². The number of anilines is 1. The van der Waals surface area contributed by atoms with Crippen molar-refractivity contribution < 1.29 is 23.9 Å². The maximum Gasteiger partial charge on any atom is 0.321 e. The molecule has 0 radical (unpaired) electrons. The summed E-state index contributed by atoms with van der Waals surface area (Å²) >= 11 is 0. The predicted octanol–water partition coefficient (Wildman–Crippen LogP) is 3.63. The fourth-order valence-electron chi connectivity index (χ4n) is 3.14. The SMILES string of the molecule is CCNC(=O)NC(=O)COc1cc2ccccc2cc1C(=O)Nc1cc(C)ccc1OC. The van der Waals surface area contributed by atoms with Gasteiger partial charge in [0.15, 0.2) is 6.61 Å². The smallest absolute Gasteiger partial charge is 0.321 e. The molecular formula is C24H25N3O5. The summed E-state index contributed by atoms with van der Waals surface area (Å²) in [6.45, 7) is 3.61. The molecule has 8 heteroatoms. The van der Waals surface area contributed by atoms with E-state index in [1.807, 2.05) is 37.3 Å². The van der Waals surface area contributed by atoms with E-state index in [1.54, 1.807) is 31.2 Å². The van der Waals surface area contributed by atoms with Crippen LogP contribution in [-0.4, -0.2) is 38.1 Å². The summed E-state index contributed by atoms with van der Waals surface area (Å²) in [6, 6.07) is 15.7. The van der Waals surface area contributed by atoms with Gasteiger partial charge in [0, 0.05) is 6.54 Å². The zero-order valence-corrected chi connectivity index (χ0v) is 18.2. The highest BCUT2D eigenvalue weighted by atomic mass is 16.5. The van der Waals surface area contributed by atoms with E-state index in [-0.39, 0.29) is 11.3 Å². The Bertz CT molecular complexity index is 1160. The minimum atomic E-state index is -0.629. The number of ether oxygens (including phenoxy) is 2. The summed E-state index contributed by atoms with van der Waals surface area (Å²) in [6.07, 6.45) is 0. The summed E-state index contributed by atoms with van der Waals surface area (Å²) in [7, 11) is 1.53. The minimum absolute atomic E-state index is 0.221. The molecule has 3 N–H and O–H groups in total. The molecule has 0 bridgehead atoms. The number of urea groups is 1. The molecule has 0 atom stereocenters. The lowest BCUT2D eigenvalue weighted by Crippen LogP contribution is -2.41. The summed E-state index contributed by atoms with van der Waals surface area (Å²) in [4.78, 5) is 36.7. The van der Waals surface area contributed by atoms with Crippen LogP contribution < -0.4 is 25.4 Å². The van der Waals surface area contributed by atoms with Gasteiger partial charge in [-0.1, -0.05) is 30.3 Å². The Balaban J connectivity index is 1.88. The van der Waals surface area contributed by atoms with Crippen LogP contribution in [0.25, 0.3) is 10.8 Å². The molecule has 0 fully saturated rings. The van der Waals surface area contributed by atoms with Crippen molar-refractivity contribution in [2.75, 3.05) is 25.6 Å². The number of hydrogen-bond acceptors (Lipinski definition) is 5. The minimum Gasteiger partial charge on any atom is -0.495 e. The first-order chi connectivity index (χ1) is 15.4. The van der Waals surface area contributed by atoms with Crippen LogP contribution >= 0.6 is 0 Å². The lowest BCUT2D eigenvalue weighted by Gasteiger charge is -2.15. The Morgan fingerprint density at radius 3 is 2.34 bits per heavy atom. The topological polar surface area (TPSA) is 106 Å². The van der Waals surface area contributed by atoms with E-state index in [2.05, 4.69) is 16.0 Å². The average molecular weight is 435 g/mol. The number of aryl methyl sites for hydroxylation is 1. The van der Waals surface area contributed by atoms with E-state index in [0.717, 1.165) is 16.3 Å². The second kappa shape index (κ2) is 10.3. The van der Waals surface area contributed by atoms with Crippen LogP contribution in [0, 0.1) is 6.92 Å². The van der Waals surface area contributed by atoms with E-state index in [1.165, 1.54) is 7.11 Å². The molecule has 0 aromatic heterocycles. The molecule has 32 heavy (non-hydrogen) atoms. The number of fused-ring (bicyclic) bond motifs is 1. The predicted molar refractivity (Wildman–Crippen MR) is 122 cm³/mol. The van der Waals surface area contributed by atoms with E-state index in [0.29, 0.717) is 18.0 Å². The number of imide groups is 1. The van der Waals surface area contributed by atoms with Crippen LogP contribution in [0.4, 0.5) is 10.5 Å². The molecule has 3 rings (SSSR count). The van der Waals surface area contributed by atoms with E-state index in [9.17, 15) is 14.4 Å². The number of methoxy groups -OCH3 is 1. The third-order valence-electron chi connectivity index (χ3n) is 4.64. The molecule has 3 aromatic rings. The van der Waals surface area contributed by atoms with Gasteiger partial charge in [-0.3, -0.25) is 14.9 Å². The van der Waals surface area contributed by atoms with Crippen LogP contribution in [0.2, 0.25) is 0 Å². The second-order valence-corrected chi connectivity index (χ2v) is 7.05. The highest BCUT2D eigenvalue weighted by Gasteiger charge is 2.18. The van der Waals surface area contributed by atoms with Crippen LogP contribution in [0.5, 0.6) is 11.5 Å². The van der Waals surface area contributed by atoms with Gasteiger partial charge in [0.2, 0.25) is 0 Å². The Morgan fingerprint density at radius 1 is 0.938 bits per heavy atom. The first-order valence-corrected chi connectivity index (χ1v) is 10.1. The second-order valence-electron chi connectivity index (χ2n) is 7.05. The van der Waals surface area contributed by atoms with E-state index in [4.69, 9.17) is 9.47 Å². The van der Waals surface area contributed by atoms with Gasteiger partial charge in [0.1, 0.15) is 11.5 Å². The third-order valence-corrected chi connectivity index (χ3v) is 4.64. The van der Waals surface area contributed by atoms with Crippen LogP contribution in [-0.2, 0) is 4.79 Å². The first-order valence-electron chi connectivity index (χ1n) is 10.1. The molecule has 3 aromatic carbocycles. The molecular weight excluding hydrogens is 410 g/mol. The number of hydrogen-bond donors (Lipinski definition) is 3. The zero-order valence-electron chi connectivity index (χ0n) is 18.2. The molecule has 0 saturated heterocycles. The van der Waals surface area contributed by atoms with E-state index >= 15 is 0 Å². The van der Waals surface area contributed by atoms with Gasteiger partial charge in [0.25, 0.3) is 11.8 Å². The average Bonchev–Trinajstić information content (AvgIpc) is 2.77. The normalized spacial score (nSPS) is 10.3. The number of benzene rings is 3. The fraction of sp³-hybridized carbons (Fsp3) is 0.208. The number of carbonyl (C=O) groups excluding carboxylic acids is 3. The molecule has 0 aliphatic rings. The van der Waals surface area contributed by atoms with Gasteiger partial charge in [-0.15, -0.1) is 0 Å².